The van der Waals surface area contributed by atoms with Crippen LogP contribution in [0.3, 0.4) is 0 Å². The fourth-order valence-electron chi connectivity index (χ4n) is 3.65. The predicted molar refractivity (Wildman–Crippen MR) is 72.2 cm³/mol. The highest BCUT2D eigenvalue weighted by Gasteiger charge is 2.53. The highest BCUT2D eigenvalue weighted by atomic mass is 16.3. The first-order chi connectivity index (χ1) is 8.89. The van der Waals surface area contributed by atoms with Crippen LogP contribution < -0.4 is 0 Å². The van der Waals surface area contributed by atoms with Gasteiger partial charge in [0.15, 0.2) is 0 Å². The second kappa shape index (κ2) is 5.23. The summed E-state index contributed by atoms with van der Waals surface area (Å²) in [5.41, 5.74) is -0.955. The number of likely N-dealkylation sites (tertiary alicyclic amines) is 1. The quantitative estimate of drug-likeness (QED) is 0.775. The summed E-state index contributed by atoms with van der Waals surface area (Å²) in [5.74, 6) is 0.176. The molecule has 0 radical (unpaired) electrons. The molecule has 1 N–H and O–H groups in total. The zero-order valence-electron chi connectivity index (χ0n) is 12.2. The summed E-state index contributed by atoms with van der Waals surface area (Å²) in [7, 11) is 0. The maximum absolute atomic E-state index is 12.3. The minimum atomic E-state index is -0.955. The van der Waals surface area contributed by atoms with E-state index < -0.39 is 5.60 Å². The van der Waals surface area contributed by atoms with E-state index in [4.69, 9.17) is 0 Å². The number of carbonyl (C=O) groups excluding carboxylic acids is 2. The summed E-state index contributed by atoms with van der Waals surface area (Å²) in [6, 6.07) is 0. The minimum absolute atomic E-state index is 0.0534. The van der Waals surface area contributed by atoms with Crippen LogP contribution in [0.1, 0.15) is 52.9 Å². The number of aliphatic hydroxyl groups is 1. The normalized spacial score (nSPS) is 33.7. The first kappa shape index (κ1) is 14.5. The Balaban J connectivity index is 2.06. The highest BCUT2D eigenvalue weighted by molar-refractivity contribution is 6.05. The number of hydrogen-bond donors (Lipinski definition) is 1. The fourth-order valence-corrected chi connectivity index (χ4v) is 3.65. The average Bonchev–Trinajstić information content (AvgIpc) is 2.85. The van der Waals surface area contributed by atoms with Gasteiger partial charge in [-0.05, 0) is 32.1 Å². The van der Waals surface area contributed by atoms with Crippen molar-refractivity contribution in [2.45, 2.75) is 58.5 Å². The maximum atomic E-state index is 12.3. The monoisotopic (exact) mass is 267 g/mol. The topological polar surface area (TPSA) is 57.6 Å². The Morgan fingerprint density at radius 3 is 2.16 bits per heavy atom. The Hall–Kier alpha value is -0.900. The van der Waals surface area contributed by atoms with Gasteiger partial charge in [0, 0.05) is 0 Å². The SMILES string of the molecule is CCCC(C)(O)CN1C(=O)C2CC(CC)CC2C1=O. The number of hydrogen-bond acceptors (Lipinski definition) is 3. The van der Waals surface area contributed by atoms with Crippen LogP contribution in [0.25, 0.3) is 0 Å². The van der Waals surface area contributed by atoms with Crippen LogP contribution in [0, 0.1) is 17.8 Å². The molecule has 1 aliphatic heterocycles. The van der Waals surface area contributed by atoms with Gasteiger partial charge in [0.25, 0.3) is 0 Å². The molecule has 3 unspecified atom stereocenters. The van der Waals surface area contributed by atoms with Crippen molar-refractivity contribution in [3.8, 4) is 0 Å². The van der Waals surface area contributed by atoms with Gasteiger partial charge < -0.3 is 5.11 Å². The Bertz CT molecular complexity index is 354. The molecular weight excluding hydrogens is 242 g/mol. The number of rotatable bonds is 5. The van der Waals surface area contributed by atoms with Crippen LogP contribution in [-0.4, -0.2) is 34.0 Å². The van der Waals surface area contributed by atoms with Gasteiger partial charge in [-0.2, -0.15) is 0 Å². The van der Waals surface area contributed by atoms with Gasteiger partial charge in [-0.3, -0.25) is 14.5 Å². The van der Waals surface area contributed by atoms with E-state index in [1.165, 1.54) is 4.90 Å². The van der Waals surface area contributed by atoms with Crippen molar-refractivity contribution in [3.05, 3.63) is 0 Å². The Morgan fingerprint density at radius 2 is 1.74 bits per heavy atom. The van der Waals surface area contributed by atoms with E-state index in [-0.39, 0.29) is 30.2 Å². The Labute approximate surface area is 115 Å². The third-order valence-electron chi connectivity index (χ3n) is 4.69. The molecule has 19 heavy (non-hydrogen) atoms. The van der Waals surface area contributed by atoms with Gasteiger partial charge in [-0.25, -0.2) is 0 Å². The molecule has 108 valence electrons. The van der Waals surface area contributed by atoms with E-state index in [1.807, 2.05) is 6.92 Å². The number of β-amino-alcohol motifs (C(OH)–C–C–N with tert-alkyl or cyclic N) is 1. The van der Waals surface area contributed by atoms with Gasteiger partial charge in [0.2, 0.25) is 11.8 Å². The number of fused-ring (bicyclic) bond motifs is 1. The molecule has 0 aromatic heterocycles. The molecule has 0 aromatic rings. The lowest BCUT2D eigenvalue weighted by Gasteiger charge is -2.28. The summed E-state index contributed by atoms with van der Waals surface area (Å²) in [6.07, 6.45) is 4.18. The van der Waals surface area contributed by atoms with Crippen molar-refractivity contribution in [3.63, 3.8) is 0 Å². The highest BCUT2D eigenvalue weighted by Crippen LogP contribution is 2.44. The Kier molecular flexibility index (Phi) is 4.00. The van der Waals surface area contributed by atoms with Gasteiger partial charge >= 0.3 is 0 Å². The standard InChI is InChI=1S/C15H25NO3/c1-4-6-15(3,19)9-16-13(17)11-7-10(5-2)8-12(11)14(16)18/h10-12,19H,4-9H2,1-3H3. The van der Waals surface area contributed by atoms with Crippen molar-refractivity contribution in [1.29, 1.82) is 0 Å². The summed E-state index contributed by atoms with van der Waals surface area (Å²) in [6.45, 7) is 5.97. The molecule has 3 atom stereocenters. The lowest BCUT2D eigenvalue weighted by atomic mass is 9.99. The third-order valence-corrected chi connectivity index (χ3v) is 4.69. The molecular formula is C15H25NO3. The molecule has 4 heteroatoms. The molecule has 1 heterocycles. The molecule has 0 aromatic carbocycles. The molecule has 2 rings (SSSR count). The van der Waals surface area contributed by atoms with E-state index >= 15 is 0 Å². The molecule has 2 amide bonds. The summed E-state index contributed by atoms with van der Waals surface area (Å²) in [4.78, 5) is 26.0. The summed E-state index contributed by atoms with van der Waals surface area (Å²) in [5, 5.41) is 10.2. The first-order valence-corrected chi connectivity index (χ1v) is 7.47. The van der Waals surface area contributed by atoms with E-state index in [9.17, 15) is 14.7 Å². The van der Waals surface area contributed by atoms with Gasteiger partial charge in [0.1, 0.15) is 0 Å². The smallest absolute Gasteiger partial charge is 0.233 e. The zero-order valence-corrected chi connectivity index (χ0v) is 12.2. The van der Waals surface area contributed by atoms with Crippen molar-refractivity contribution < 1.29 is 14.7 Å². The molecule has 1 saturated heterocycles. The molecule has 0 spiro atoms. The molecule has 4 nitrogen and oxygen atoms in total. The molecule has 2 aliphatic rings. The number of imide groups is 1. The summed E-state index contributed by atoms with van der Waals surface area (Å²) < 4.78 is 0. The Morgan fingerprint density at radius 1 is 1.21 bits per heavy atom. The fraction of sp³-hybridized carbons (Fsp3) is 0.867. The second-order valence-corrected chi connectivity index (χ2v) is 6.47. The van der Waals surface area contributed by atoms with Crippen molar-refractivity contribution in [2.75, 3.05) is 6.54 Å². The van der Waals surface area contributed by atoms with Crippen LogP contribution in [0.5, 0.6) is 0 Å². The number of carbonyl (C=O) groups is 2. The maximum Gasteiger partial charge on any atom is 0.233 e. The number of amides is 2. The van der Waals surface area contributed by atoms with Crippen molar-refractivity contribution in [1.82, 2.24) is 4.90 Å². The van der Waals surface area contributed by atoms with E-state index in [0.717, 1.165) is 25.7 Å². The van der Waals surface area contributed by atoms with Crippen LogP contribution in [-0.2, 0) is 9.59 Å². The van der Waals surface area contributed by atoms with Crippen molar-refractivity contribution >= 4 is 11.8 Å². The van der Waals surface area contributed by atoms with Gasteiger partial charge in [-0.15, -0.1) is 0 Å². The zero-order chi connectivity index (χ0) is 14.2. The molecule has 0 bridgehead atoms. The lowest BCUT2D eigenvalue weighted by Crippen LogP contribution is -2.44. The molecule has 1 saturated carbocycles. The van der Waals surface area contributed by atoms with Gasteiger partial charge in [-0.1, -0.05) is 26.7 Å². The van der Waals surface area contributed by atoms with E-state index in [1.54, 1.807) is 6.92 Å². The molecule has 2 fully saturated rings. The van der Waals surface area contributed by atoms with Crippen LogP contribution in [0.15, 0.2) is 0 Å². The molecule has 1 aliphatic carbocycles. The average molecular weight is 267 g/mol. The van der Waals surface area contributed by atoms with Gasteiger partial charge in [0.05, 0.1) is 24.0 Å². The van der Waals surface area contributed by atoms with Crippen LogP contribution in [0.4, 0.5) is 0 Å². The largest absolute Gasteiger partial charge is 0.388 e. The van der Waals surface area contributed by atoms with E-state index in [0.29, 0.717) is 12.3 Å². The minimum Gasteiger partial charge on any atom is -0.388 e. The number of nitrogens with zero attached hydrogens (tertiary/aromatic N) is 1. The third kappa shape index (κ3) is 2.69. The van der Waals surface area contributed by atoms with E-state index in [2.05, 4.69) is 6.92 Å². The predicted octanol–water partition coefficient (Wildman–Crippen LogP) is 1.96. The lowest BCUT2D eigenvalue weighted by molar-refractivity contribution is -0.144. The second-order valence-electron chi connectivity index (χ2n) is 6.47. The summed E-state index contributed by atoms with van der Waals surface area (Å²) >= 11 is 0. The van der Waals surface area contributed by atoms with Crippen molar-refractivity contribution in [2.24, 2.45) is 17.8 Å². The van der Waals surface area contributed by atoms with Crippen LogP contribution in [0.2, 0.25) is 0 Å². The van der Waals surface area contributed by atoms with Crippen LogP contribution >= 0.6 is 0 Å². The first-order valence-electron chi connectivity index (χ1n) is 7.47.